The lowest BCUT2D eigenvalue weighted by molar-refractivity contribution is 0.0217. The van der Waals surface area contributed by atoms with E-state index in [4.69, 9.17) is 4.74 Å². The van der Waals surface area contributed by atoms with E-state index in [-0.39, 0.29) is 5.78 Å². The zero-order valence-electron chi connectivity index (χ0n) is 7.45. The molecular weight excluding hydrogens is 186 g/mol. The quantitative estimate of drug-likeness (QED) is 0.680. The van der Waals surface area contributed by atoms with Crippen LogP contribution in [-0.4, -0.2) is 22.4 Å². The van der Waals surface area contributed by atoms with E-state index in [1.165, 1.54) is 11.5 Å². The molecule has 1 aliphatic rings. The summed E-state index contributed by atoms with van der Waals surface area (Å²) < 4.78 is 9.37. The van der Waals surface area contributed by atoms with Crippen LogP contribution in [-0.2, 0) is 4.74 Å². The third-order valence-corrected chi connectivity index (χ3v) is 3.11. The molecule has 1 atom stereocenters. The Labute approximate surface area is 80.9 Å². The number of hydrogen-bond acceptors (Lipinski definition) is 4. The molecule has 1 unspecified atom stereocenters. The molecule has 3 nitrogen and oxygen atoms in total. The summed E-state index contributed by atoms with van der Waals surface area (Å²) in [5.41, 5.74) is -0.591. The smallest absolute Gasteiger partial charge is 0.205 e. The highest BCUT2D eigenvalue weighted by molar-refractivity contribution is 7.08. The average molecular weight is 197 g/mol. The molecule has 0 aromatic carbocycles. The SMILES string of the molecule is CC1(C(=O)c2ccns2)CCCO1. The van der Waals surface area contributed by atoms with E-state index in [1.807, 2.05) is 6.92 Å². The molecule has 2 heterocycles. The normalized spacial score (nSPS) is 27.8. The van der Waals surface area contributed by atoms with E-state index in [1.54, 1.807) is 12.3 Å². The summed E-state index contributed by atoms with van der Waals surface area (Å²) >= 11 is 1.24. The lowest BCUT2D eigenvalue weighted by atomic mass is 9.96. The van der Waals surface area contributed by atoms with Gasteiger partial charge in [-0.1, -0.05) is 0 Å². The molecule has 2 rings (SSSR count). The number of carbonyl (C=O) groups excluding carboxylic acids is 1. The molecule has 0 spiro atoms. The van der Waals surface area contributed by atoms with Gasteiger partial charge in [-0.25, -0.2) is 4.37 Å². The van der Waals surface area contributed by atoms with Crippen molar-refractivity contribution in [2.45, 2.75) is 25.4 Å². The fourth-order valence-electron chi connectivity index (χ4n) is 1.55. The fraction of sp³-hybridized carbons (Fsp3) is 0.556. The summed E-state index contributed by atoms with van der Waals surface area (Å²) in [4.78, 5) is 12.6. The molecule has 0 bridgehead atoms. The number of ketones is 1. The highest BCUT2D eigenvalue weighted by Crippen LogP contribution is 2.29. The van der Waals surface area contributed by atoms with Crippen molar-refractivity contribution in [2.75, 3.05) is 6.61 Å². The molecule has 0 radical (unpaired) electrons. The van der Waals surface area contributed by atoms with E-state index in [9.17, 15) is 4.79 Å². The van der Waals surface area contributed by atoms with Crippen molar-refractivity contribution in [2.24, 2.45) is 0 Å². The van der Waals surface area contributed by atoms with Crippen LogP contribution >= 0.6 is 11.5 Å². The standard InChI is InChI=1S/C9H11NO2S/c1-9(4-2-6-12-9)8(11)7-3-5-10-13-7/h3,5H,2,4,6H2,1H3. The molecule has 0 aliphatic carbocycles. The minimum absolute atomic E-state index is 0.0764. The van der Waals surface area contributed by atoms with Gasteiger partial charge in [0.25, 0.3) is 0 Å². The van der Waals surface area contributed by atoms with Crippen molar-refractivity contribution < 1.29 is 9.53 Å². The molecule has 13 heavy (non-hydrogen) atoms. The molecule has 0 saturated carbocycles. The van der Waals surface area contributed by atoms with Crippen molar-refractivity contribution >= 4 is 17.3 Å². The van der Waals surface area contributed by atoms with Gasteiger partial charge in [0.15, 0.2) is 0 Å². The molecular formula is C9H11NO2S. The highest BCUT2D eigenvalue weighted by atomic mass is 32.1. The van der Waals surface area contributed by atoms with E-state index in [0.717, 1.165) is 12.8 Å². The van der Waals surface area contributed by atoms with Crippen LogP contribution in [0.2, 0.25) is 0 Å². The Morgan fingerprint density at radius 2 is 2.62 bits per heavy atom. The first-order valence-corrected chi connectivity index (χ1v) is 5.09. The number of hydrogen-bond donors (Lipinski definition) is 0. The Morgan fingerprint density at radius 1 is 1.77 bits per heavy atom. The van der Waals surface area contributed by atoms with Crippen molar-refractivity contribution in [3.8, 4) is 0 Å². The minimum Gasteiger partial charge on any atom is -0.367 e. The first-order valence-electron chi connectivity index (χ1n) is 4.32. The average Bonchev–Trinajstić information content (AvgIpc) is 2.73. The van der Waals surface area contributed by atoms with Crippen molar-refractivity contribution in [1.29, 1.82) is 0 Å². The van der Waals surface area contributed by atoms with Crippen LogP contribution in [0.3, 0.4) is 0 Å². The molecule has 1 fully saturated rings. The second kappa shape index (κ2) is 3.20. The third-order valence-electron chi connectivity index (χ3n) is 2.36. The first-order chi connectivity index (χ1) is 6.22. The molecule has 4 heteroatoms. The Kier molecular flexibility index (Phi) is 2.17. The maximum atomic E-state index is 11.9. The maximum absolute atomic E-state index is 11.9. The van der Waals surface area contributed by atoms with E-state index < -0.39 is 5.60 Å². The second-order valence-electron chi connectivity index (χ2n) is 3.39. The molecule has 1 aromatic heterocycles. The molecule has 70 valence electrons. The number of carbonyl (C=O) groups is 1. The van der Waals surface area contributed by atoms with Gasteiger partial charge >= 0.3 is 0 Å². The van der Waals surface area contributed by atoms with E-state index in [2.05, 4.69) is 4.37 Å². The monoisotopic (exact) mass is 197 g/mol. The van der Waals surface area contributed by atoms with Crippen molar-refractivity contribution in [3.05, 3.63) is 17.1 Å². The van der Waals surface area contributed by atoms with Gasteiger partial charge in [-0.05, 0) is 37.4 Å². The number of rotatable bonds is 2. The number of aromatic nitrogens is 1. The maximum Gasteiger partial charge on any atom is 0.205 e. The van der Waals surface area contributed by atoms with Crippen molar-refractivity contribution in [1.82, 2.24) is 4.37 Å². The first kappa shape index (κ1) is 8.84. The molecule has 1 aliphatic heterocycles. The van der Waals surface area contributed by atoms with Gasteiger partial charge in [-0.2, -0.15) is 0 Å². The van der Waals surface area contributed by atoms with Gasteiger partial charge in [0, 0.05) is 12.8 Å². The lowest BCUT2D eigenvalue weighted by Gasteiger charge is -2.19. The van der Waals surface area contributed by atoms with Gasteiger partial charge in [0.05, 0.1) is 4.88 Å². The predicted molar refractivity (Wildman–Crippen MR) is 50.0 cm³/mol. The summed E-state index contributed by atoms with van der Waals surface area (Å²) in [6.45, 7) is 2.56. The fourth-order valence-corrected chi connectivity index (χ4v) is 2.21. The van der Waals surface area contributed by atoms with Gasteiger partial charge in [-0.15, -0.1) is 0 Å². The van der Waals surface area contributed by atoms with Crippen LogP contribution in [0.5, 0.6) is 0 Å². The number of nitrogens with zero attached hydrogens (tertiary/aromatic N) is 1. The summed E-state index contributed by atoms with van der Waals surface area (Å²) in [5, 5.41) is 0. The zero-order chi connectivity index (χ0) is 9.31. The highest BCUT2D eigenvalue weighted by Gasteiger charge is 2.38. The summed E-state index contributed by atoms with van der Waals surface area (Å²) in [7, 11) is 0. The minimum atomic E-state index is -0.591. The third kappa shape index (κ3) is 1.51. The molecule has 0 amide bonds. The number of Topliss-reactive ketones (excluding diaryl/α,β-unsaturated/α-hetero) is 1. The van der Waals surface area contributed by atoms with Crippen molar-refractivity contribution in [3.63, 3.8) is 0 Å². The summed E-state index contributed by atoms with van der Waals surface area (Å²) in [6, 6.07) is 1.75. The molecule has 1 saturated heterocycles. The largest absolute Gasteiger partial charge is 0.367 e. The zero-order valence-corrected chi connectivity index (χ0v) is 8.26. The van der Waals surface area contributed by atoms with Gasteiger partial charge < -0.3 is 4.74 Å². The second-order valence-corrected chi connectivity index (χ2v) is 4.22. The van der Waals surface area contributed by atoms with Crippen LogP contribution in [0, 0.1) is 0 Å². The van der Waals surface area contributed by atoms with Crippen LogP contribution in [0.25, 0.3) is 0 Å². The van der Waals surface area contributed by atoms with Crippen LogP contribution < -0.4 is 0 Å². The Morgan fingerprint density at radius 3 is 3.15 bits per heavy atom. The lowest BCUT2D eigenvalue weighted by Crippen LogP contribution is -2.33. The topological polar surface area (TPSA) is 39.2 Å². The Hall–Kier alpha value is -0.740. The van der Waals surface area contributed by atoms with Gasteiger partial charge in [0.1, 0.15) is 5.60 Å². The Balaban J connectivity index is 2.21. The van der Waals surface area contributed by atoms with E-state index in [0.29, 0.717) is 11.5 Å². The van der Waals surface area contributed by atoms with Crippen LogP contribution in [0.15, 0.2) is 12.3 Å². The van der Waals surface area contributed by atoms with Gasteiger partial charge in [-0.3, -0.25) is 4.79 Å². The summed E-state index contributed by atoms with van der Waals surface area (Å²) in [5.74, 6) is 0.0764. The van der Waals surface area contributed by atoms with Crippen LogP contribution in [0.4, 0.5) is 0 Å². The Bertz CT molecular complexity index is 301. The van der Waals surface area contributed by atoms with E-state index >= 15 is 0 Å². The predicted octanol–water partition coefficient (Wildman–Crippen LogP) is 1.89. The molecule has 1 aromatic rings. The summed E-state index contributed by atoms with van der Waals surface area (Å²) in [6.07, 6.45) is 3.45. The molecule has 0 N–H and O–H groups in total. The van der Waals surface area contributed by atoms with Gasteiger partial charge in [0.2, 0.25) is 5.78 Å². The van der Waals surface area contributed by atoms with Crippen LogP contribution in [0.1, 0.15) is 29.4 Å². The number of ether oxygens (including phenoxy) is 1.